The summed E-state index contributed by atoms with van der Waals surface area (Å²) < 4.78 is 5.12. The van der Waals surface area contributed by atoms with Gasteiger partial charge in [-0.15, -0.1) is 0 Å². The highest BCUT2D eigenvalue weighted by atomic mass is 32.1. The van der Waals surface area contributed by atoms with Crippen LogP contribution >= 0.6 is 12.6 Å². The number of ether oxygens (including phenoxy) is 1. The lowest BCUT2D eigenvalue weighted by molar-refractivity contribution is 0.122. The predicted molar refractivity (Wildman–Crippen MR) is 75.5 cm³/mol. The van der Waals surface area contributed by atoms with Crippen molar-refractivity contribution in [3.8, 4) is 0 Å². The molecule has 0 saturated heterocycles. The van der Waals surface area contributed by atoms with Gasteiger partial charge in [-0.25, -0.2) is 0 Å². The highest BCUT2D eigenvalue weighted by Gasteiger charge is 2.28. The summed E-state index contributed by atoms with van der Waals surface area (Å²) in [6.07, 6.45) is 5.06. The first-order valence-electron chi connectivity index (χ1n) is 6.42. The quantitative estimate of drug-likeness (QED) is 0.596. The molecule has 0 radical (unpaired) electrons. The summed E-state index contributed by atoms with van der Waals surface area (Å²) in [5.41, 5.74) is 0.398. The second-order valence-corrected chi connectivity index (χ2v) is 5.20. The van der Waals surface area contributed by atoms with Crippen molar-refractivity contribution < 1.29 is 4.74 Å². The normalized spacial score (nSPS) is 12.4. The molecular formula is C13H29NOS. The van der Waals surface area contributed by atoms with Gasteiger partial charge in [-0.3, -0.25) is 0 Å². The van der Waals surface area contributed by atoms with Crippen LogP contribution in [-0.2, 0) is 4.74 Å². The Labute approximate surface area is 107 Å². The van der Waals surface area contributed by atoms with E-state index in [0.29, 0.717) is 5.41 Å². The monoisotopic (exact) mass is 247 g/mol. The van der Waals surface area contributed by atoms with Gasteiger partial charge in [-0.05, 0) is 31.1 Å². The van der Waals surface area contributed by atoms with E-state index in [9.17, 15) is 0 Å². The molecule has 0 aliphatic heterocycles. The molecule has 98 valence electrons. The van der Waals surface area contributed by atoms with Crippen LogP contribution in [0.5, 0.6) is 0 Å². The third kappa shape index (κ3) is 6.12. The molecule has 0 bridgehead atoms. The third-order valence-corrected chi connectivity index (χ3v) is 3.85. The van der Waals surface area contributed by atoms with Gasteiger partial charge >= 0.3 is 0 Å². The molecule has 0 aromatic rings. The Morgan fingerprint density at radius 1 is 1.19 bits per heavy atom. The molecule has 0 aliphatic carbocycles. The third-order valence-electron chi connectivity index (χ3n) is 3.18. The Bertz CT molecular complexity index is 158. The van der Waals surface area contributed by atoms with Gasteiger partial charge in [-0.1, -0.05) is 26.7 Å². The summed E-state index contributed by atoms with van der Waals surface area (Å²) in [5, 5.41) is 0. The van der Waals surface area contributed by atoms with Crippen LogP contribution in [0.25, 0.3) is 0 Å². The van der Waals surface area contributed by atoms with E-state index in [0.717, 1.165) is 25.4 Å². The van der Waals surface area contributed by atoms with E-state index < -0.39 is 0 Å². The van der Waals surface area contributed by atoms with Crippen LogP contribution in [0.15, 0.2) is 0 Å². The number of hydrogen-bond acceptors (Lipinski definition) is 3. The highest BCUT2D eigenvalue weighted by molar-refractivity contribution is 7.80. The summed E-state index contributed by atoms with van der Waals surface area (Å²) in [7, 11) is 3.94. The Hall–Kier alpha value is 0.270. The largest absolute Gasteiger partial charge is 0.383 e. The van der Waals surface area contributed by atoms with Crippen LogP contribution in [0, 0.1) is 5.41 Å². The minimum atomic E-state index is 0.398. The molecule has 0 aromatic carbocycles. The van der Waals surface area contributed by atoms with E-state index in [4.69, 9.17) is 4.74 Å². The molecule has 0 spiro atoms. The van der Waals surface area contributed by atoms with E-state index >= 15 is 0 Å². The minimum Gasteiger partial charge on any atom is -0.383 e. The van der Waals surface area contributed by atoms with E-state index in [2.05, 4.69) is 38.4 Å². The maximum Gasteiger partial charge on any atom is 0.0589 e. The molecule has 0 saturated carbocycles. The molecule has 0 aromatic heterocycles. The van der Waals surface area contributed by atoms with Gasteiger partial charge in [0.1, 0.15) is 0 Å². The summed E-state index contributed by atoms with van der Waals surface area (Å²) in [4.78, 5) is 2.38. The first-order chi connectivity index (χ1) is 7.64. The Morgan fingerprint density at radius 2 is 1.75 bits per heavy atom. The zero-order chi connectivity index (χ0) is 12.4. The number of methoxy groups -OCH3 is 1. The van der Waals surface area contributed by atoms with E-state index in [1.165, 1.54) is 25.7 Å². The summed E-state index contributed by atoms with van der Waals surface area (Å²) in [6, 6.07) is 0. The molecule has 16 heavy (non-hydrogen) atoms. The van der Waals surface area contributed by atoms with Crippen LogP contribution in [0.1, 0.15) is 39.5 Å². The van der Waals surface area contributed by atoms with Gasteiger partial charge < -0.3 is 9.64 Å². The molecular weight excluding hydrogens is 218 g/mol. The van der Waals surface area contributed by atoms with Crippen LogP contribution in [0.2, 0.25) is 0 Å². The molecule has 0 atom stereocenters. The maximum absolute atomic E-state index is 5.12. The maximum atomic E-state index is 5.12. The van der Waals surface area contributed by atoms with Gasteiger partial charge in [0.15, 0.2) is 0 Å². The van der Waals surface area contributed by atoms with Crippen LogP contribution < -0.4 is 0 Å². The van der Waals surface area contributed by atoms with Gasteiger partial charge in [0.25, 0.3) is 0 Å². The lowest BCUT2D eigenvalue weighted by Crippen LogP contribution is -2.38. The van der Waals surface area contributed by atoms with Gasteiger partial charge in [0.2, 0.25) is 0 Å². The fourth-order valence-corrected chi connectivity index (χ4v) is 2.87. The first kappa shape index (κ1) is 16.3. The molecule has 0 rings (SSSR count). The summed E-state index contributed by atoms with van der Waals surface area (Å²) in [5.74, 6) is 0.992. The van der Waals surface area contributed by atoms with Gasteiger partial charge in [0.05, 0.1) is 6.61 Å². The van der Waals surface area contributed by atoms with Crippen molar-refractivity contribution in [3.63, 3.8) is 0 Å². The molecule has 0 fully saturated rings. The second-order valence-electron chi connectivity index (χ2n) is 4.89. The van der Waals surface area contributed by atoms with Crippen LogP contribution in [0.3, 0.4) is 0 Å². The number of likely N-dealkylation sites (N-methyl/N-ethyl adjacent to an activating group) is 1. The van der Waals surface area contributed by atoms with Crippen molar-refractivity contribution >= 4 is 12.6 Å². The zero-order valence-electron chi connectivity index (χ0n) is 11.5. The fraction of sp³-hybridized carbons (Fsp3) is 1.00. The molecule has 0 aliphatic rings. The molecule has 0 N–H and O–H groups in total. The first-order valence-corrected chi connectivity index (χ1v) is 7.05. The van der Waals surface area contributed by atoms with Crippen molar-refractivity contribution in [3.05, 3.63) is 0 Å². The lowest BCUT2D eigenvalue weighted by atomic mass is 9.80. The minimum absolute atomic E-state index is 0.398. The Kier molecular flexibility index (Phi) is 9.47. The van der Waals surface area contributed by atoms with E-state index in [1.807, 2.05) is 0 Å². The van der Waals surface area contributed by atoms with Crippen LogP contribution in [-0.4, -0.2) is 44.5 Å². The van der Waals surface area contributed by atoms with Gasteiger partial charge in [0, 0.05) is 20.2 Å². The molecule has 0 heterocycles. The number of hydrogen-bond donors (Lipinski definition) is 1. The topological polar surface area (TPSA) is 12.5 Å². The fourth-order valence-electron chi connectivity index (χ4n) is 2.45. The Balaban J connectivity index is 4.26. The zero-order valence-corrected chi connectivity index (χ0v) is 12.4. The lowest BCUT2D eigenvalue weighted by Gasteiger charge is -2.36. The standard InChI is InChI=1S/C13H29NOS/c1-5-7-13(12-16,8-6-2)11-14(3)9-10-15-4/h16H,5-12H2,1-4H3. The van der Waals surface area contributed by atoms with Crippen LogP contribution in [0.4, 0.5) is 0 Å². The smallest absolute Gasteiger partial charge is 0.0589 e. The van der Waals surface area contributed by atoms with Crippen molar-refractivity contribution in [1.29, 1.82) is 0 Å². The molecule has 0 unspecified atom stereocenters. The summed E-state index contributed by atoms with van der Waals surface area (Å²) in [6.45, 7) is 7.50. The van der Waals surface area contributed by atoms with Crippen molar-refractivity contribution in [1.82, 2.24) is 4.90 Å². The second kappa shape index (κ2) is 9.32. The highest BCUT2D eigenvalue weighted by Crippen LogP contribution is 2.32. The summed E-state index contributed by atoms with van der Waals surface area (Å²) >= 11 is 4.58. The van der Waals surface area contributed by atoms with Crippen molar-refractivity contribution in [2.45, 2.75) is 39.5 Å². The number of thiol groups is 1. The van der Waals surface area contributed by atoms with Crippen molar-refractivity contribution in [2.24, 2.45) is 5.41 Å². The SMILES string of the molecule is CCCC(CS)(CCC)CN(C)CCOC. The van der Waals surface area contributed by atoms with Crippen molar-refractivity contribution in [2.75, 3.05) is 39.6 Å². The number of nitrogens with zero attached hydrogens (tertiary/aromatic N) is 1. The predicted octanol–water partition coefficient (Wildman–Crippen LogP) is 3.08. The average molecular weight is 247 g/mol. The molecule has 2 nitrogen and oxygen atoms in total. The van der Waals surface area contributed by atoms with E-state index in [1.54, 1.807) is 7.11 Å². The Morgan fingerprint density at radius 3 is 2.12 bits per heavy atom. The number of rotatable bonds is 10. The van der Waals surface area contributed by atoms with Gasteiger partial charge in [-0.2, -0.15) is 12.6 Å². The molecule has 3 heteroatoms. The molecule has 0 amide bonds. The average Bonchev–Trinajstić information content (AvgIpc) is 2.27. The van der Waals surface area contributed by atoms with E-state index in [-0.39, 0.29) is 0 Å².